The highest BCUT2D eigenvalue weighted by Gasteiger charge is 2.29. The van der Waals surface area contributed by atoms with Crippen LogP contribution in [0.3, 0.4) is 0 Å². The molecule has 0 unspecified atom stereocenters. The summed E-state index contributed by atoms with van der Waals surface area (Å²) in [6.07, 6.45) is 0.491. The molecule has 0 fully saturated rings. The van der Waals surface area contributed by atoms with Crippen molar-refractivity contribution in [2.75, 3.05) is 12.8 Å². The molecular weight excluding hydrogens is 495 g/mol. The van der Waals surface area contributed by atoms with Crippen molar-refractivity contribution in [2.24, 2.45) is 0 Å². The van der Waals surface area contributed by atoms with Gasteiger partial charge in [-0.15, -0.1) is 11.8 Å². The topological polar surface area (TPSA) is 49.4 Å². The molecule has 2 aromatic carbocycles. The molecule has 0 aromatic heterocycles. The molecule has 0 aliphatic rings. The van der Waals surface area contributed by atoms with Crippen LogP contribution in [0.2, 0.25) is 10.0 Å². The third-order valence-electron chi connectivity index (χ3n) is 4.43. The second kappa shape index (κ2) is 11.8. The maximum absolute atomic E-state index is 13.1. The first kappa shape index (κ1) is 24.1. The fourth-order valence-corrected chi connectivity index (χ4v) is 4.51. The van der Waals surface area contributed by atoms with Crippen molar-refractivity contribution in [1.82, 2.24) is 10.2 Å². The smallest absolute Gasteiger partial charge is 0.242 e. The van der Waals surface area contributed by atoms with Gasteiger partial charge in [0.15, 0.2) is 0 Å². The average Bonchev–Trinajstić information content (AvgIpc) is 2.71. The maximum Gasteiger partial charge on any atom is 0.242 e. The molecular formula is C21H23BrCl2N2O2S. The lowest BCUT2D eigenvalue weighted by Crippen LogP contribution is -2.48. The number of halogens is 3. The Balaban J connectivity index is 2.15. The van der Waals surface area contributed by atoms with E-state index in [1.807, 2.05) is 31.2 Å². The van der Waals surface area contributed by atoms with Crippen LogP contribution >= 0.6 is 50.9 Å². The zero-order valence-electron chi connectivity index (χ0n) is 16.3. The van der Waals surface area contributed by atoms with E-state index in [0.29, 0.717) is 27.8 Å². The SMILES string of the molecule is CC[C@H](C(=O)NC)N(Cc1c(Cl)cccc1Cl)C(=O)CSCc1ccc(Br)cc1. The van der Waals surface area contributed by atoms with Crippen LogP contribution in [0.4, 0.5) is 0 Å². The highest BCUT2D eigenvalue weighted by atomic mass is 79.9. The first-order chi connectivity index (χ1) is 13.9. The number of likely N-dealkylation sites (N-methyl/N-ethyl adjacent to an activating group) is 1. The van der Waals surface area contributed by atoms with Crippen molar-refractivity contribution in [3.8, 4) is 0 Å². The lowest BCUT2D eigenvalue weighted by molar-refractivity contribution is -0.139. The highest BCUT2D eigenvalue weighted by molar-refractivity contribution is 9.10. The fraction of sp³-hybridized carbons (Fsp3) is 0.333. The molecule has 29 heavy (non-hydrogen) atoms. The van der Waals surface area contributed by atoms with Crippen molar-refractivity contribution in [1.29, 1.82) is 0 Å². The van der Waals surface area contributed by atoms with Gasteiger partial charge in [0.2, 0.25) is 11.8 Å². The Bertz CT molecular complexity index is 829. The largest absolute Gasteiger partial charge is 0.357 e. The number of carbonyl (C=O) groups is 2. The van der Waals surface area contributed by atoms with E-state index in [1.165, 1.54) is 11.8 Å². The van der Waals surface area contributed by atoms with E-state index in [9.17, 15) is 9.59 Å². The van der Waals surface area contributed by atoms with Gasteiger partial charge in [-0.3, -0.25) is 9.59 Å². The minimum absolute atomic E-state index is 0.126. The van der Waals surface area contributed by atoms with Gasteiger partial charge in [-0.05, 0) is 36.2 Å². The highest BCUT2D eigenvalue weighted by Crippen LogP contribution is 2.27. The van der Waals surface area contributed by atoms with Crippen LogP contribution in [0.15, 0.2) is 46.9 Å². The molecule has 2 aromatic rings. The van der Waals surface area contributed by atoms with Crippen molar-refractivity contribution in [3.63, 3.8) is 0 Å². The Morgan fingerprint density at radius 3 is 2.31 bits per heavy atom. The molecule has 0 spiro atoms. The minimum atomic E-state index is -0.590. The lowest BCUT2D eigenvalue weighted by atomic mass is 10.1. The van der Waals surface area contributed by atoms with E-state index in [0.717, 1.165) is 10.0 Å². The Labute approximate surface area is 194 Å². The van der Waals surface area contributed by atoms with E-state index in [1.54, 1.807) is 30.1 Å². The van der Waals surface area contributed by atoms with Crippen LogP contribution < -0.4 is 5.32 Å². The number of amides is 2. The van der Waals surface area contributed by atoms with E-state index in [2.05, 4.69) is 21.2 Å². The van der Waals surface area contributed by atoms with E-state index < -0.39 is 6.04 Å². The molecule has 0 heterocycles. The normalized spacial score (nSPS) is 11.8. The number of rotatable bonds is 9. The molecule has 1 N–H and O–H groups in total. The predicted octanol–water partition coefficient (Wildman–Crippen LogP) is 5.54. The summed E-state index contributed by atoms with van der Waals surface area (Å²) in [6.45, 7) is 2.06. The summed E-state index contributed by atoms with van der Waals surface area (Å²) in [4.78, 5) is 27.0. The van der Waals surface area contributed by atoms with Gasteiger partial charge in [0.05, 0.1) is 5.75 Å². The number of nitrogens with zero attached hydrogens (tertiary/aromatic N) is 1. The standard InChI is InChI=1S/C21H23BrCl2N2O2S/c1-3-19(21(28)25-2)26(11-16-17(23)5-4-6-18(16)24)20(27)13-29-12-14-7-9-15(22)10-8-14/h4-10,19H,3,11-13H2,1-2H3,(H,25,28)/t19-/m1/s1. The zero-order valence-corrected chi connectivity index (χ0v) is 20.2. The van der Waals surface area contributed by atoms with E-state index in [4.69, 9.17) is 23.2 Å². The number of benzene rings is 2. The molecule has 0 aliphatic heterocycles. The second-order valence-electron chi connectivity index (χ2n) is 6.38. The third-order valence-corrected chi connectivity index (χ3v) is 6.66. The number of nitrogens with one attached hydrogen (secondary N) is 1. The van der Waals surface area contributed by atoms with Crippen LogP contribution in [0.25, 0.3) is 0 Å². The first-order valence-electron chi connectivity index (χ1n) is 9.13. The molecule has 4 nitrogen and oxygen atoms in total. The third kappa shape index (κ3) is 6.92. The minimum Gasteiger partial charge on any atom is -0.357 e. The quantitative estimate of drug-likeness (QED) is 0.474. The van der Waals surface area contributed by atoms with Crippen molar-refractivity contribution < 1.29 is 9.59 Å². The summed E-state index contributed by atoms with van der Waals surface area (Å²) in [7, 11) is 1.57. The van der Waals surface area contributed by atoms with Gasteiger partial charge in [0, 0.05) is 39.4 Å². The summed E-state index contributed by atoms with van der Waals surface area (Å²) in [5.41, 5.74) is 1.77. The number of thioether (sulfide) groups is 1. The van der Waals surface area contributed by atoms with E-state index >= 15 is 0 Å². The lowest BCUT2D eigenvalue weighted by Gasteiger charge is -2.30. The maximum atomic E-state index is 13.1. The number of hydrogen-bond donors (Lipinski definition) is 1. The van der Waals surface area contributed by atoms with Gasteiger partial charge in [0.25, 0.3) is 0 Å². The second-order valence-corrected chi connectivity index (χ2v) is 9.10. The van der Waals surface area contributed by atoms with Crippen molar-refractivity contribution in [2.45, 2.75) is 31.7 Å². The Hall–Kier alpha value is -1.21. The van der Waals surface area contributed by atoms with Gasteiger partial charge in [-0.25, -0.2) is 0 Å². The van der Waals surface area contributed by atoms with Crippen LogP contribution in [0, 0.1) is 0 Å². The molecule has 0 saturated heterocycles. The van der Waals surface area contributed by atoms with Crippen LogP contribution in [0.1, 0.15) is 24.5 Å². The molecule has 2 rings (SSSR count). The number of hydrogen-bond acceptors (Lipinski definition) is 3. The zero-order chi connectivity index (χ0) is 21.4. The van der Waals surface area contributed by atoms with Gasteiger partial charge in [0.1, 0.15) is 6.04 Å². The monoisotopic (exact) mass is 516 g/mol. The summed E-state index contributed by atoms with van der Waals surface area (Å²) >= 11 is 17.5. The Morgan fingerprint density at radius 2 is 1.76 bits per heavy atom. The molecule has 2 amide bonds. The molecule has 0 radical (unpaired) electrons. The average molecular weight is 518 g/mol. The molecule has 0 bridgehead atoms. The van der Waals surface area contributed by atoms with E-state index in [-0.39, 0.29) is 24.1 Å². The summed E-state index contributed by atoms with van der Waals surface area (Å²) in [5.74, 6) is 0.628. The Morgan fingerprint density at radius 1 is 1.14 bits per heavy atom. The summed E-state index contributed by atoms with van der Waals surface area (Å²) in [5, 5.41) is 3.60. The fourth-order valence-electron chi connectivity index (χ4n) is 2.86. The van der Waals surface area contributed by atoms with Gasteiger partial charge < -0.3 is 10.2 Å². The predicted molar refractivity (Wildman–Crippen MR) is 125 cm³/mol. The van der Waals surface area contributed by atoms with Crippen LogP contribution in [-0.2, 0) is 21.9 Å². The van der Waals surface area contributed by atoms with Crippen LogP contribution in [-0.4, -0.2) is 35.6 Å². The molecule has 0 saturated carbocycles. The molecule has 8 heteroatoms. The van der Waals surface area contributed by atoms with Crippen molar-refractivity contribution in [3.05, 3.63) is 68.1 Å². The van der Waals surface area contributed by atoms with Crippen molar-refractivity contribution >= 4 is 62.7 Å². The summed E-state index contributed by atoms with van der Waals surface area (Å²) < 4.78 is 1.02. The number of carbonyl (C=O) groups excluding carboxylic acids is 2. The van der Waals surface area contributed by atoms with Crippen LogP contribution in [0.5, 0.6) is 0 Å². The molecule has 1 atom stereocenters. The van der Waals surface area contributed by atoms with Gasteiger partial charge in [-0.1, -0.05) is 64.3 Å². The van der Waals surface area contributed by atoms with Gasteiger partial charge in [-0.2, -0.15) is 0 Å². The Kier molecular flexibility index (Phi) is 9.83. The molecule has 0 aliphatic carbocycles. The first-order valence-corrected chi connectivity index (χ1v) is 11.8. The summed E-state index contributed by atoms with van der Waals surface area (Å²) in [6, 6.07) is 12.6. The van der Waals surface area contributed by atoms with Gasteiger partial charge >= 0.3 is 0 Å². The molecule has 156 valence electrons.